The van der Waals surface area contributed by atoms with Gasteiger partial charge in [-0.1, -0.05) is 85.0 Å². The minimum Gasteiger partial charge on any atom is -0.0873 e. The van der Waals surface area contributed by atoms with Gasteiger partial charge in [-0.2, -0.15) is 0 Å². The molecule has 0 heteroatoms. The minimum atomic E-state index is 0.0648. The van der Waals surface area contributed by atoms with E-state index in [0.29, 0.717) is 0 Å². The van der Waals surface area contributed by atoms with Gasteiger partial charge >= 0.3 is 0 Å². The van der Waals surface area contributed by atoms with Gasteiger partial charge in [0, 0.05) is 5.41 Å². The molecule has 0 aromatic heterocycles. The van der Waals surface area contributed by atoms with E-state index >= 15 is 0 Å². The Hall–Kier alpha value is -2.08. The van der Waals surface area contributed by atoms with E-state index in [1.165, 1.54) is 30.4 Å². The van der Waals surface area contributed by atoms with Gasteiger partial charge in [0.15, 0.2) is 0 Å². The van der Waals surface area contributed by atoms with Gasteiger partial charge < -0.3 is 0 Å². The van der Waals surface area contributed by atoms with Gasteiger partial charge in [0.1, 0.15) is 0 Å². The van der Waals surface area contributed by atoms with Crippen molar-refractivity contribution in [3.63, 3.8) is 0 Å². The highest BCUT2D eigenvalue weighted by Crippen LogP contribution is 2.36. The summed E-state index contributed by atoms with van der Waals surface area (Å²) in [6.07, 6.45) is 13.0. The van der Waals surface area contributed by atoms with Crippen LogP contribution in [-0.2, 0) is 5.41 Å². The molecule has 0 bridgehead atoms. The largest absolute Gasteiger partial charge is 0.0873 e. The van der Waals surface area contributed by atoms with E-state index in [1.807, 2.05) is 0 Å². The average molecular weight is 260 g/mol. The molecular formula is C20H20. The highest BCUT2D eigenvalue weighted by Gasteiger charge is 2.27. The van der Waals surface area contributed by atoms with Gasteiger partial charge in [0.25, 0.3) is 0 Å². The molecule has 0 saturated heterocycles. The number of rotatable bonds is 3. The summed E-state index contributed by atoms with van der Waals surface area (Å²) in [5.74, 6) is 0. The molecule has 0 radical (unpaired) electrons. The Bertz CT molecular complexity index is 592. The molecular weight excluding hydrogens is 240 g/mol. The fraction of sp³-hybridized carbons (Fsp3) is 0.200. The fourth-order valence-corrected chi connectivity index (χ4v) is 2.92. The molecule has 100 valence electrons. The third-order valence-corrected chi connectivity index (χ3v) is 4.06. The molecule has 0 saturated carbocycles. The lowest BCUT2D eigenvalue weighted by Gasteiger charge is -2.31. The third kappa shape index (κ3) is 2.75. The Morgan fingerprint density at radius 3 is 2.20 bits per heavy atom. The van der Waals surface area contributed by atoms with Crippen molar-refractivity contribution in [2.24, 2.45) is 0 Å². The van der Waals surface area contributed by atoms with Gasteiger partial charge in [-0.15, -0.1) is 0 Å². The van der Waals surface area contributed by atoms with Crippen molar-refractivity contribution in [2.45, 2.75) is 24.7 Å². The fourth-order valence-electron chi connectivity index (χ4n) is 2.92. The van der Waals surface area contributed by atoms with Crippen molar-refractivity contribution < 1.29 is 0 Å². The van der Waals surface area contributed by atoms with E-state index in [9.17, 15) is 0 Å². The van der Waals surface area contributed by atoms with Crippen LogP contribution in [0.2, 0.25) is 0 Å². The molecule has 0 aliphatic heterocycles. The summed E-state index contributed by atoms with van der Waals surface area (Å²) >= 11 is 0. The second-order valence-electron chi connectivity index (χ2n) is 5.45. The van der Waals surface area contributed by atoms with Crippen LogP contribution in [0.4, 0.5) is 0 Å². The minimum absolute atomic E-state index is 0.0648. The predicted octanol–water partition coefficient (Wildman–Crippen LogP) is 5.38. The van der Waals surface area contributed by atoms with Crippen LogP contribution >= 0.6 is 0 Å². The second kappa shape index (κ2) is 5.92. The van der Waals surface area contributed by atoms with E-state index in [4.69, 9.17) is 0 Å². The van der Waals surface area contributed by atoms with Crippen molar-refractivity contribution in [1.82, 2.24) is 0 Å². The third-order valence-electron chi connectivity index (χ3n) is 4.06. The van der Waals surface area contributed by atoms with Gasteiger partial charge in [0.2, 0.25) is 0 Å². The molecule has 3 rings (SSSR count). The molecule has 2 aromatic carbocycles. The number of benzene rings is 2. The summed E-state index contributed by atoms with van der Waals surface area (Å²) in [5.41, 5.74) is 2.72. The first-order valence-electron chi connectivity index (χ1n) is 7.37. The average Bonchev–Trinajstić information content (AvgIpc) is 2.56. The van der Waals surface area contributed by atoms with Gasteiger partial charge in [-0.3, -0.25) is 0 Å². The monoisotopic (exact) mass is 260 g/mol. The summed E-state index contributed by atoms with van der Waals surface area (Å²) in [5, 5.41) is 0. The SMILES string of the molecule is C1=CC(/C=C/c2ccccc2)(c2ccccc2)CCC1. The van der Waals surface area contributed by atoms with Crippen LogP contribution < -0.4 is 0 Å². The maximum absolute atomic E-state index is 2.38. The van der Waals surface area contributed by atoms with Crippen LogP contribution in [0.3, 0.4) is 0 Å². The zero-order valence-electron chi connectivity index (χ0n) is 11.7. The van der Waals surface area contributed by atoms with Crippen LogP contribution in [0.15, 0.2) is 78.9 Å². The van der Waals surface area contributed by atoms with Crippen molar-refractivity contribution >= 4 is 6.08 Å². The molecule has 0 N–H and O–H groups in total. The van der Waals surface area contributed by atoms with Gasteiger partial charge in [-0.25, -0.2) is 0 Å². The Morgan fingerprint density at radius 1 is 0.850 bits per heavy atom. The first-order chi connectivity index (χ1) is 9.89. The smallest absolute Gasteiger partial charge is 0.0315 e. The molecule has 2 aromatic rings. The summed E-state index contributed by atoms with van der Waals surface area (Å²) in [4.78, 5) is 0. The molecule has 1 aliphatic rings. The molecule has 1 aliphatic carbocycles. The Balaban J connectivity index is 1.97. The lowest BCUT2D eigenvalue weighted by molar-refractivity contribution is 0.548. The Kier molecular flexibility index (Phi) is 3.83. The topological polar surface area (TPSA) is 0 Å². The lowest BCUT2D eigenvalue weighted by atomic mass is 9.73. The van der Waals surface area contributed by atoms with Gasteiger partial charge in [0.05, 0.1) is 0 Å². The molecule has 0 fully saturated rings. The van der Waals surface area contributed by atoms with Crippen LogP contribution in [0.25, 0.3) is 6.08 Å². The second-order valence-corrected chi connectivity index (χ2v) is 5.45. The highest BCUT2D eigenvalue weighted by molar-refractivity contribution is 5.54. The molecule has 0 heterocycles. The normalized spacial score (nSPS) is 22.2. The summed E-state index contributed by atoms with van der Waals surface area (Å²) in [6, 6.07) is 21.4. The maximum Gasteiger partial charge on any atom is 0.0315 e. The summed E-state index contributed by atoms with van der Waals surface area (Å²) < 4.78 is 0. The molecule has 0 spiro atoms. The molecule has 0 nitrogen and oxygen atoms in total. The van der Waals surface area contributed by atoms with E-state index < -0.39 is 0 Å². The number of hydrogen-bond donors (Lipinski definition) is 0. The zero-order valence-corrected chi connectivity index (χ0v) is 11.7. The summed E-state index contributed by atoms with van der Waals surface area (Å²) in [6.45, 7) is 0. The van der Waals surface area contributed by atoms with Crippen LogP contribution in [0.5, 0.6) is 0 Å². The van der Waals surface area contributed by atoms with E-state index in [-0.39, 0.29) is 5.41 Å². The Morgan fingerprint density at radius 2 is 1.55 bits per heavy atom. The first-order valence-corrected chi connectivity index (χ1v) is 7.37. The summed E-state index contributed by atoms with van der Waals surface area (Å²) in [7, 11) is 0. The van der Waals surface area contributed by atoms with Crippen LogP contribution in [0, 0.1) is 0 Å². The van der Waals surface area contributed by atoms with Crippen molar-refractivity contribution in [2.75, 3.05) is 0 Å². The van der Waals surface area contributed by atoms with Gasteiger partial charge in [-0.05, 0) is 30.4 Å². The molecule has 0 amide bonds. The zero-order chi connectivity index (χ0) is 13.7. The van der Waals surface area contributed by atoms with E-state index in [0.717, 1.165) is 0 Å². The first kappa shape index (κ1) is 12.9. The van der Waals surface area contributed by atoms with E-state index in [2.05, 4.69) is 85.0 Å². The maximum atomic E-state index is 2.38. The number of hydrogen-bond acceptors (Lipinski definition) is 0. The highest BCUT2D eigenvalue weighted by atomic mass is 14.3. The lowest BCUT2D eigenvalue weighted by Crippen LogP contribution is -2.22. The molecule has 1 unspecified atom stereocenters. The Labute approximate surface area is 121 Å². The van der Waals surface area contributed by atoms with Crippen molar-refractivity contribution in [1.29, 1.82) is 0 Å². The van der Waals surface area contributed by atoms with E-state index in [1.54, 1.807) is 0 Å². The van der Waals surface area contributed by atoms with Crippen LogP contribution in [0.1, 0.15) is 30.4 Å². The molecule has 1 atom stereocenters. The quantitative estimate of drug-likeness (QED) is 0.650. The van der Waals surface area contributed by atoms with Crippen molar-refractivity contribution in [3.8, 4) is 0 Å². The number of allylic oxidation sites excluding steroid dienone is 3. The standard InChI is InChI=1S/C20H20/c1-4-10-18(11-5-1)14-17-20(15-8-3-9-16-20)19-12-6-2-7-13-19/h1-2,4-8,10-15,17H,3,9,16H2/b17-14+. The van der Waals surface area contributed by atoms with Crippen molar-refractivity contribution in [3.05, 3.63) is 90.0 Å². The molecule has 20 heavy (non-hydrogen) atoms. The predicted molar refractivity (Wildman–Crippen MR) is 86.6 cm³/mol. The van der Waals surface area contributed by atoms with Crippen LogP contribution in [-0.4, -0.2) is 0 Å².